The summed E-state index contributed by atoms with van der Waals surface area (Å²) in [5, 5.41) is 1.83. The third-order valence-electron chi connectivity index (χ3n) is 5.24. The van der Waals surface area contributed by atoms with Crippen LogP contribution in [0.25, 0.3) is 0 Å². The summed E-state index contributed by atoms with van der Waals surface area (Å²) in [7, 11) is -3.89. The lowest BCUT2D eigenvalue weighted by molar-refractivity contribution is -0.114. The van der Waals surface area contributed by atoms with Gasteiger partial charge in [0.25, 0.3) is 0 Å². The number of rotatable bonds is 6. The number of aryl methyl sites for hydroxylation is 2. The summed E-state index contributed by atoms with van der Waals surface area (Å²) in [5.74, 6) is -0.997. The Morgan fingerprint density at radius 3 is 2.23 bits per heavy atom. The molecule has 1 fully saturated rings. The first kappa shape index (κ1) is 22.2. The molecule has 2 aromatic rings. The molecular weight excluding hydrogens is 407 g/mol. The standard InChI is InChI=1S/C21H27FN4O3S/c1-13-5-9-18(10-6-13)26(30(28,29)21-15(3)24-25-16(21)4)12-20(27)23-17-8-7-14(2)19(22)11-17/h5-11,15-16,21,24-25H,12H2,1-4H3,(H,23,27). The molecule has 9 heteroatoms. The van der Waals surface area contributed by atoms with E-state index in [-0.39, 0.29) is 17.8 Å². The highest BCUT2D eigenvalue weighted by atomic mass is 32.2. The zero-order valence-electron chi connectivity index (χ0n) is 17.4. The van der Waals surface area contributed by atoms with E-state index < -0.39 is 33.5 Å². The summed E-state index contributed by atoms with van der Waals surface area (Å²) < 4.78 is 42.0. The largest absolute Gasteiger partial charge is 0.324 e. The predicted octanol–water partition coefficient (Wildman–Crippen LogP) is 2.47. The SMILES string of the molecule is Cc1ccc(N(CC(=O)Nc2ccc(C)c(F)c2)S(=O)(=O)C2C(C)NNC2C)cc1. The number of anilines is 2. The van der Waals surface area contributed by atoms with Crippen LogP contribution in [-0.2, 0) is 14.8 Å². The van der Waals surface area contributed by atoms with Crippen LogP contribution in [0.15, 0.2) is 42.5 Å². The molecule has 0 aromatic heterocycles. The van der Waals surface area contributed by atoms with Crippen molar-refractivity contribution in [3.63, 3.8) is 0 Å². The number of nitrogens with one attached hydrogen (secondary N) is 3. The van der Waals surface area contributed by atoms with Gasteiger partial charge in [0.1, 0.15) is 17.6 Å². The minimum atomic E-state index is -3.89. The van der Waals surface area contributed by atoms with Gasteiger partial charge in [-0.25, -0.2) is 12.8 Å². The number of hydrogen-bond acceptors (Lipinski definition) is 5. The quantitative estimate of drug-likeness (QED) is 0.650. The van der Waals surface area contributed by atoms with Crippen LogP contribution < -0.4 is 20.5 Å². The molecule has 0 saturated carbocycles. The first-order valence-electron chi connectivity index (χ1n) is 9.75. The maximum Gasteiger partial charge on any atom is 0.245 e. The smallest absolute Gasteiger partial charge is 0.245 e. The number of halogens is 1. The van der Waals surface area contributed by atoms with Crippen molar-refractivity contribution in [2.24, 2.45) is 0 Å². The molecule has 0 bridgehead atoms. The van der Waals surface area contributed by atoms with E-state index in [4.69, 9.17) is 0 Å². The Kier molecular flexibility index (Phi) is 6.44. The van der Waals surface area contributed by atoms with Crippen molar-refractivity contribution < 1.29 is 17.6 Å². The number of nitrogens with zero attached hydrogens (tertiary/aromatic N) is 1. The third kappa shape index (κ3) is 4.63. The van der Waals surface area contributed by atoms with Crippen LogP contribution in [0.2, 0.25) is 0 Å². The van der Waals surface area contributed by atoms with E-state index in [2.05, 4.69) is 16.2 Å². The van der Waals surface area contributed by atoms with Crippen molar-refractivity contribution in [2.75, 3.05) is 16.2 Å². The summed E-state index contributed by atoms with van der Waals surface area (Å²) in [6, 6.07) is 10.6. The van der Waals surface area contributed by atoms with Crippen LogP contribution in [0.1, 0.15) is 25.0 Å². The first-order chi connectivity index (χ1) is 14.1. The van der Waals surface area contributed by atoms with Crippen LogP contribution in [0.4, 0.5) is 15.8 Å². The normalized spacial score (nSPS) is 21.4. The Morgan fingerprint density at radius 1 is 1.07 bits per heavy atom. The number of hydrazine groups is 1. The molecule has 3 rings (SSSR count). The lowest BCUT2D eigenvalue weighted by Gasteiger charge is -2.30. The van der Waals surface area contributed by atoms with Gasteiger partial charge in [-0.15, -0.1) is 0 Å². The summed E-state index contributed by atoms with van der Waals surface area (Å²) in [4.78, 5) is 12.7. The molecule has 1 aliphatic rings. The monoisotopic (exact) mass is 434 g/mol. The van der Waals surface area contributed by atoms with Gasteiger partial charge >= 0.3 is 0 Å². The number of sulfonamides is 1. The Bertz CT molecular complexity index is 1020. The molecule has 1 heterocycles. The summed E-state index contributed by atoms with van der Waals surface area (Å²) in [6.07, 6.45) is 0. The van der Waals surface area contributed by atoms with Gasteiger partial charge in [-0.1, -0.05) is 23.8 Å². The Balaban J connectivity index is 1.90. The van der Waals surface area contributed by atoms with Gasteiger partial charge in [0.2, 0.25) is 15.9 Å². The molecule has 0 radical (unpaired) electrons. The van der Waals surface area contributed by atoms with Crippen LogP contribution in [0.3, 0.4) is 0 Å². The highest BCUT2D eigenvalue weighted by Gasteiger charge is 2.44. The van der Waals surface area contributed by atoms with Gasteiger partial charge < -0.3 is 5.32 Å². The van der Waals surface area contributed by atoms with E-state index in [1.807, 2.05) is 6.92 Å². The minimum Gasteiger partial charge on any atom is -0.324 e. The van der Waals surface area contributed by atoms with E-state index in [0.717, 1.165) is 9.87 Å². The second-order valence-electron chi connectivity index (χ2n) is 7.73. The van der Waals surface area contributed by atoms with Crippen LogP contribution >= 0.6 is 0 Å². The number of carbonyl (C=O) groups is 1. The fourth-order valence-electron chi connectivity index (χ4n) is 3.56. The summed E-state index contributed by atoms with van der Waals surface area (Å²) in [5.41, 5.74) is 8.00. The van der Waals surface area contributed by atoms with Crippen molar-refractivity contribution >= 4 is 27.3 Å². The van der Waals surface area contributed by atoms with Crippen LogP contribution in [0, 0.1) is 19.7 Å². The molecule has 30 heavy (non-hydrogen) atoms. The van der Waals surface area contributed by atoms with Crippen molar-refractivity contribution in [1.29, 1.82) is 0 Å². The number of benzene rings is 2. The van der Waals surface area contributed by atoms with E-state index in [0.29, 0.717) is 11.3 Å². The molecule has 3 N–H and O–H groups in total. The van der Waals surface area contributed by atoms with Crippen LogP contribution in [-0.4, -0.2) is 38.2 Å². The molecule has 0 aliphatic carbocycles. The van der Waals surface area contributed by atoms with Gasteiger partial charge in [0.05, 0.1) is 5.69 Å². The molecule has 7 nitrogen and oxygen atoms in total. The summed E-state index contributed by atoms with van der Waals surface area (Å²) in [6.45, 7) is 6.66. The molecule has 162 valence electrons. The fraction of sp³-hybridized carbons (Fsp3) is 0.381. The van der Waals surface area contributed by atoms with E-state index in [1.165, 1.54) is 6.07 Å². The van der Waals surface area contributed by atoms with Crippen molar-refractivity contribution in [3.05, 3.63) is 59.4 Å². The zero-order chi connectivity index (χ0) is 22.1. The highest BCUT2D eigenvalue weighted by molar-refractivity contribution is 7.93. The molecule has 0 spiro atoms. The first-order valence-corrected chi connectivity index (χ1v) is 11.2. The number of carbonyl (C=O) groups excluding carboxylic acids is 1. The average Bonchev–Trinajstić information content (AvgIpc) is 3.02. The lowest BCUT2D eigenvalue weighted by Crippen LogP contribution is -2.49. The molecule has 1 saturated heterocycles. The van der Waals surface area contributed by atoms with E-state index in [9.17, 15) is 17.6 Å². The van der Waals surface area contributed by atoms with Gasteiger partial charge in [0.15, 0.2) is 0 Å². The van der Waals surface area contributed by atoms with E-state index >= 15 is 0 Å². The maximum atomic E-state index is 13.8. The average molecular weight is 435 g/mol. The van der Waals surface area contributed by atoms with Gasteiger partial charge in [-0.2, -0.15) is 0 Å². The van der Waals surface area contributed by atoms with Gasteiger partial charge in [-0.3, -0.25) is 20.0 Å². The molecule has 2 unspecified atom stereocenters. The zero-order valence-corrected chi connectivity index (χ0v) is 18.3. The molecule has 2 aromatic carbocycles. The Hall–Kier alpha value is -2.49. The molecule has 1 aliphatic heterocycles. The Morgan fingerprint density at radius 2 is 1.67 bits per heavy atom. The summed E-state index contributed by atoms with van der Waals surface area (Å²) >= 11 is 0. The predicted molar refractivity (Wildman–Crippen MR) is 116 cm³/mol. The lowest BCUT2D eigenvalue weighted by atomic mass is 10.2. The second kappa shape index (κ2) is 8.71. The van der Waals surface area contributed by atoms with Crippen molar-refractivity contribution in [3.8, 4) is 0 Å². The van der Waals surface area contributed by atoms with Crippen molar-refractivity contribution in [2.45, 2.75) is 45.0 Å². The van der Waals surface area contributed by atoms with Gasteiger partial charge in [-0.05, 0) is 57.5 Å². The van der Waals surface area contributed by atoms with E-state index in [1.54, 1.807) is 57.2 Å². The highest BCUT2D eigenvalue weighted by Crippen LogP contribution is 2.26. The topological polar surface area (TPSA) is 90.5 Å². The second-order valence-corrected chi connectivity index (χ2v) is 9.74. The molecule has 2 atom stereocenters. The number of hydrogen-bond donors (Lipinski definition) is 3. The molecule has 1 amide bonds. The van der Waals surface area contributed by atoms with Crippen molar-refractivity contribution in [1.82, 2.24) is 10.9 Å². The van der Waals surface area contributed by atoms with Crippen LogP contribution in [0.5, 0.6) is 0 Å². The third-order valence-corrected chi connectivity index (χ3v) is 7.70. The van der Waals surface area contributed by atoms with Gasteiger partial charge in [0, 0.05) is 17.8 Å². The molecular formula is C21H27FN4O3S. The fourth-order valence-corrected chi connectivity index (χ4v) is 5.74. The number of amides is 1. The minimum absolute atomic E-state index is 0.273. The Labute approximate surface area is 176 Å². The maximum absolute atomic E-state index is 13.8.